The van der Waals surface area contributed by atoms with Crippen molar-refractivity contribution in [1.29, 1.82) is 0 Å². The van der Waals surface area contributed by atoms with Crippen LogP contribution < -0.4 is 5.32 Å². The third-order valence-electron chi connectivity index (χ3n) is 4.52. The summed E-state index contributed by atoms with van der Waals surface area (Å²) < 4.78 is 78.2. The molecule has 0 bridgehead atoms. The van der Waals surface area contributed by atoms with E-state index < -0.39 is 53.4 Å². The minimum absolute atomic E-state index is 0.208. The molecule has 1 aromatic heterocycles. The van der Waals surface area contributed by atoms with Crippen molar-refractivity contribution in [3.63, 3.8) is 0 Å². The Morgan fingerprint density at radius 1 is 0.970 bits per heavy atom. The largest absolute Gasteiger partial charge is 0.481 e. The molecule has 174 valence electrons. The highest BCUT2D eigenvalue weighted by Gasteiger charge is 2.36. The summed E-state index contributed by atoms with van der Waals surface area (Å²) in [5.74, 6) is -2.35. The Morgan fingerprint density at radius 2 is 1.61 bits per heavy atom. The fourth-order valence-corrected chi connectivity index (χ4v) is 3.82. The van der Waals surface area contributed by atoms with Crippen molar-refractivity contribution in [1.82, 2.24) is 10.3 Å². The van der Waals surface area contributed by atoms with Crippen molar-refractivity contribution >= 4 is 23.2 Å². The topological polar surface area (TPSA) is 79.3 Å². The van der Waals surface area contributed by atoms with Crippen LogP contribution in [0.25, 0.3) is 10.6 Å². The van der Waals surface area contributed by atoms with Gasteiger partial charge in [-0.2, -0.15) is 26.3 Å². The first-order valence-corrected chi connectivity index (χ1v) is 10.1. The molecule has 1 unspecified atom stereocenters. The maximum absolute atomic E-state index is 13.4. The van der Waals surface area contributed by atoms with Gasteiger partial charge in [-0.3, -0.25) is 9.59 Å². The van der Waals surface area contributed by atoms with Crippen LogP contribution >= 0.6 is 11.3 Å². The van der Waals surface area contributed by atoms with E-state index in [1.807, 2.05) is 0 Å². The molecule has 1 amide bonds. The molecule has 0 aliphatic heterocycles. The molecule has 2 N–H and O–H groups in total. The van der Waals surface area contributed by atoms with Gasteiger partial charge in [-0.05, 0) is 23.8 Å². The SMILES string of the molecule is O=C(O)CC(NC(=O)c1csc(-c2ccc(C(F)(F)F)cc2)n1)c1ccccc1C(F)(F)F. The summed E-state index contributed by atoms with van der Waals surface area (Å²) in [4.78, 5) is 27.9. The Kier molecular flexibility index (Phi) is 6.77. The quantitative estimate of drug-likeness (QED) is 0.431. The number of carbonyl (C=O) groups is 2. The van der Waals surface area contributed by atoms with E-state index in [2.05, 4.69) is 10.3 Å². The monoisotopic (exact) mass is 488 g/mol. The van der Waals surface area contributed by atoms with Gasteiger partial charge in [0.05, 0.1) is 23.6 Å². The van der Waals surface area contributed by atoms with Crippen molar-refractivity contribution < 1.29 is 41.0 Å². The number of aromatic nitrogens is 1. The van der Waals surface area contributed by atoms with E-state index in [0.29, 0.717) is 5.56 Å². The molecular weight excluding hydrogens is 474 g/mol. The van der Waals surface area contributed by atoms with Crippen LogP contribution in [0.2, 0.25) is 0 Å². The number of carbonyl (C=O) groups excluding carboxylic acids is 1. The van der Waals surface area contributed by atoms with Gasteiger partial charge in [0.2, 0.25) is 0 Å². The Balaban J connectivity index is 1.85. The van der Waals surface area contributed by atoms with E-state index in [1.165, 1.54) is 23.6 Å². The molecule has 12 heteroatoms. The van der Waals surface area contributed by atoms with Crippen LogP contribution in [0.5, 0.6) is 0 Å². The summed E-state index contributed by atoms with van der Waals surface area (Å²) in [6, 6.07) is 6.85. The summed E-state index contributed by atoms with van der Waals surface area (Å²) in [6.45, 7) is 0. The highest BCUT2D eigenvalue weighted by atomic mass is 32.1. The van der Waals surface area contributed by atoms with Crippen LogP contribution in [0, 0.1) is 0 Å². The highest BCUT2D eigenvalue weighted by molar-refractivity contribution is 7.13. The number of halogens is 6. The zero-order valence-electron chi connectivity index (χ0n) is 16.4. The molecule has 3 rings (SSSR count). The number of aliphatic carboxylic acids is 1. The molecular formula is C21H14F6N2O3S. The second-order valence-corrected chi connectivity index (χ2v) is 7.68. The number of amides is 1. The first-order chi connectivity index (χ1) is 15.4. The summed E-state index contributed by atoms with van der Waals surface area (Å²) in [5.41, 5.74) is -2.27. The standard InChI is InChI=1S/C21H14F6N2O3S/c22-20(23,24)12-7-5-11(6-8-12)19-29-16(10-33-19)18(32)28-15(9-17(30)31)13-3-1-2-4-14(13)21(25,26)27/h1-8,10,15H,9H2,(H,28,32)(H,30,31). The molecule has 1 heterocycles. The van der Waals surface area contributed by atoms with Gasteiger partial charge in [-0.15, -0.1) is 11.3 Å². The lowest BCUT2D eigenvalue weighted by Gasteiger charge is -2.21. The van der Waals surface area contributed by atoms with Crippen LogP contribution in [0.3, 0.4) is 0 Å². The molecule has 1 atom stereocenters. The highest BCUT2D eigenvalue weighted by Crippen LogP contribution is 2.36. The molecule has 33 heavy (non-hydrogen) atoms. The molecule has 0 aliphatic rings. The summed E-state index contributed by atoms with van der Waals surface area (Å²) in [5, 5.41) is 12.9. The molecule has 0 saturated heterocycles. The van der Waals surface area contributed by atoms with Gasteiger partial charge >= 0.3 is 18.3 Å². The maximum atomic E-state index is 13.4. The summed E-state index contributed by atoms with van der Waals surface area (Å²) in [7, 11) is 0. The molecule has 0 saturated carbocycles. The fraction of sp³-hybridized carbons (Fsp3) is 0.190. The number of benzene rings is 2. The second-order valence-electron chi connectivity index (χ2n) is 6.82. The summed E-state index contributed by atoms with van der Waals surface area (Å²) >= 11 is 0.939. The van der Waals surface area contributed by atoms with Crippen molar-refractivity contribution in [2.24, 2.45) is 0 Å². The van der Waals surface area contributed by atoms with Gasteiger partial charge in [-0.25, -0.2) is 4.98 Å². The molecule has 5 nitrogen and oxygen atoms in total. The van der Waals surface area contributed by atoms with E-state index in [4.69, 9.17) is 5.11 Å². The lowest BCUT2D eigenvalue weighted by atomic mass is 9.97. The predicted molar refractivity (Wildman–Crippen MR) is 106 cm³/mol. The van der Waals surface area contributed by atoms with Gasteiger partial charge in [0.15, 0.2) is 0 Å². The lowest BCUT2D eigenvalue weighted by Crippen LogP contribution is -2.32. The maximum Gasteiger partial charge on any atom is 0.416 e. The Hall–Kier alpha value is -3.41. The number of nitrogens with zero attached hydrogens (tertiary/aromatic N) is 1. The molecule has 0 spiro atoms. The average molecular weight is 488 g/mol. The Morgan fingerprint density at radius 3 is 2.18 bits per heavy atom. The third-order valence-corrected chi connectivity index (χ3v) is 5.41. The predicted octanol–water partition coefficient (Wildman–Crippen LogP) is 5.79. The molecule has 0 fully saturated rings. The number of nitrogens with one attached hydrogen (secondary N) is 1. The van der Waals surface area contributed by atoms with Crippen molar-refractivity contribution in [3.05, 3.63) is 76.3 Å². The average Bonchev–Trinajstić information content (AvgIpc) is 3.22. The molecule has 0 radical (unpaired) electrons. The van der Waals surface area contributed by atoms with Crippen LogP contribution in [0.1, 0.15) is 39.6 Å². The zero-order chi connectivity index (χ0) is 24.4. The number of thiazole rings is 1. The smallest absolute Gasteiger partial charge is 0.416 e. The minimum atomic E-state index is -4.77. The van der Waals surface area contributed by atoms with Gasteiger partial charge < -0.3 is 10.4 Å². The number of rotatable bonds is 6. The minimum Gasteiger partial charge on any atom is -0.481 e. The van der Waals surface area contributed by atoms with Crippen molar-refractivity contribution in [3.8, 4) is 10.6 Å². The van der Waals surface area contributed by atoms with Crippen LogP contribution in [-0.4, -0.2) is 22.0 Å². The molecule has 3 aromatic rings. The van der Waals surface area contributed by atoms with Crippen LogP contribution in [-0.2, 0) is 17.1 Å². The summed E-state index contributed by atoms with van der Waals surface area (Å²) in [6.07, 6.45) is -10.1. The van der Waals surface area contributed by atoms with E-state index in [1.54, 1.807) is 0 Å². The fourth-order valence-electron chi connectivity index (χ4n) is 3.02. The van der Waals surface area contributed by atoms with E-state index >= 15 is 0 Å². The van der Waals surface area contributed by atoms with Crippen LogP contribution in [0.15, 0.2) is 53.9 Å². The van der Waals surface area contributed by atoms with Crippen molar-refractivity contribution in [2.45, 2.75) is 24.8 Å². The third kappa shape index (κ3) is 5.89. The van der Waals surface area contributed by atoms with Crippen molar-refractivity contribution in [2.75, 3.05) is 0 Å². The lowest BCUT2D eigenvalue weighted by molar-refractivity contribution is -0.140. The molecule has 2 aromatic carbocycles. The van der Waals surface area contributed by atoms with Gasteiger partial charge in [0.1, 0.15) is 10.7 Å². The van der Waals surface area contributed by atoms with Gasteiger partial charge in [-0.1, -0.05) is 30.3 Å². The normalized spacial score (nSPS) is 12.9. The van der Waals surface area contributed by atoms with E-state index in [-0.39, 0.29) is 10.7 Å². The van der Waals surface area contributed by atoms with Crippen LogP contribution in [0.4, 0.5) is 26.3 Å². The number of hydrogen-bond donors (Lipinski definition) is 2. The number of carboxylic acid groups (broad SMARTS) is 1. The van der Waals surface area contributed by atoms with E-state index in [0.717, 1.165) is 41.7 Å². The first-order valence-electron chi connectivity index (χ1n) is 9.18. The zero-order valence-corrected chi connectivity index (χ0v) is 17.2. The number of carboxylic acids is 1. The molecule has 0 aliphatic carbocycles. The first kappa shape index (κ1) is 24.2. The Labute approximate surface area is 186 Å². The number of hydrogen-bond acceptors (Lipinski definition) is 4. The van der Waals surface area contributed by atoms with Gasteiger partial charge in [0.25, 0.3) is 5.91 Å². The van der Waals surface area contributed by atoms with Gasteiger partial charge in [0, 0.05) is 10.9 Å². The number of alkyl halides is 6. The second kappa shape index (κ2) is 9.22. The Bertz CT molecular complexity index is 1160. The van der Waals surface area contributed by atoms with E-state index in [9.17, 15) is 35.9 Å².